The molecule has 0 aliphatic heterocycles. The molecule has 0 saturated heterocycles. The standard InChI is InChI=1S/C13H18O/c14-12-11-6-2-1-5-10(11)9-13(12)7-3-4-8-13/h9,11H,1-8H2. The Labute approximate surface area is 85.6 Å². The first-order valence-electron chi connectivity index (χ1n) is 6.08. The molecule has 0 heterocycles. The number of hydrogen-bond donors (Lipinski definition) is 0. The van der Waals surface area contributed by atoms with Gasteiger partial charge in [-0.05, 0) is 32.1 Å². The van der Waals surface area contributed by atoms with Crippen molar-refractivity contribution in [2.24, 2.45) is 11.3 Å². The van der Waals surface area contributed by atoms with E-state index in [2.05, 4.69) is 6.08 Å². The summed E-state index contributed by atoms with van der Waals surface area (Å²) in [7, 11) is 0. The number of allylic oxidation sites excluding steroid dienone is 2. The minimum absolute atomic E-state index is 0.0321. The second-order valence-electron chi connectivity index (χ2n) is 5.25. The van der Waals surface area contributed by atoms with Gasteiger partial charge in [-0.1, -0.05) is 30.9 Å². The van der Waals surface area contributed by atoms with Crippen LogP contribution in [0.4, 0.5) is 0 Å². The Morgan fingerprint density at radius 1 is 1.14 bits per heavy atom. The zero-order valence-electron chi connectivity index (χ0n) is 8.72. The van der Waals surface area contributed by atoms with Gasteiger partial charge in [-0.25, -0.2) is 0 Å². The van der Waals surface area contributed by atoms with Crippen LogP contribution in [0.2, 0.25) is 0 Å². The van der Waals surface area contributed by atoms with Crippen molar-refractivity contribution in [3.05, 3.63) is 11.6 Å². The summed E-state index contributed by atoms with van der Waals surface area (Å²) in [6.45, 7) is 0. The van der Waals surface area contributed by atoms with Crippen LogP contribution in [0.15, 0.2) is 11.6 Å². The average Bonchev–Trinajstić information content (AvgIpc) is 2.77. The largest absolute Gasteiger partial charge is 0.298 e. The van der Waals surface area contributed by atoms with Gasteiger partial charge in [0, 0.05) is 11.3 Å². The maximum Gasteiger partial charge on any atom is 0.149 e. The molecule has 0 bridgehead atoms. The molecular formula is C13H18O. The van der Waals surface area contributed by atoms with Crippen LogP contribution in [-0.2, 0) is 4.79 Å². The van der Waals surface area contributed by atoms with Crippen LogP contribution in [0.1, 0.15) is 51.4 Å². The molecule has 0 aromatic heterocycles. The van der Waals surface area contributed by atoms with Gasteiger partial charge in [0.1, 0.15) is 5.78 Å². The highest BCUT2D eigenvalue weighted by Gasteiger charge is 2.48. The van der Waals surface area contributed by atoms with Crippen molar-refractivity contribution < 1.29 is 4.79 Å². The fraction of sp³-hybridized carbons (Fsp3) is 0.769. The molecule has 3 aliphatic rings. The minimum Gasteiger partial charge on any atom is -0.298 e. The predicted octanol–water partition coefficient (Wildman–Crippen LogP) is 3.25. The van der Waals surface area contributed by atoms with Crippen molar-refractivity contribution >= 4 is 5.78 Å². The summed E-state index contributed by atoms with van der Waals surface area (Å²) >= 11 is 0. The highest BCUT2D eigenvalue weighted by atomic mass is 16.1. The number of fused-ring (bicyclic) bond motifs is 1. The van der Waals surface area contributed by atoms with E-state index in [1.165, 1.54) is 37.7 Å². The third kappa shape index (κ3) is 1.04. The van der Waals surface area contributed by atoms with E-state index < -0.39 is 0 Å². The van der Waals surface area contributed by atoms with Gasteiger partial charge in [-0.15, -0.1) is 0 Å². The third-order valence-corrected chi connectivity index (χ3v) is 4.42. The lowest BCUT2D eigenvalue weighted by atomic mass is 9.79. The summed E-state index contributed by atoms with van der Waals surface area (Å²) in [6, 6.07) is 0. The predicted molar refractivity (Wildman–Crippen MR) is 55.9 cm³/mol. The highest BCUT2D eigenvalue weighted by molar-refractivity contribution is 5.94. The number of ketones is 1. The number of hydrogen-bond acceptors (Lipinski definition) is 1. The number of carbonyl (C=O) groups excluding carboxylic acids is 1. The van der Waals surface area contributed by atoms with E-state index >= 15 is 0 Å². The van der Waals surface area contributed by atoms with Gasteiger partial charge >= 0.3 is 0 Å². The van der Waals surface area contributed by atoms with E-state index in [0.717, 1.165) is 19.3 Å². The smallest absolute Gasteiger partial charge is 0.149 e. The molecule has 3 aliphatic carbocycles. The van der Waals surface area contributed by atoms with E-state index in [-0.39, 0.29) is 5.41 Å². The van der Waals surface area contributed by atoms with E-state index in [9.17, 15) is 4.79 Å². The lowest BCUT2D eigenvalue weighted by Gasteiger charge is -2.22. The molecule has 2 saturated carbocycles. The first-order chi connectivity index (χ1) is 6.82. The zero-order chi connectivity index (χ0) is 9.60. The Morgan fingerprint density at radius 3 is 2.64 bits per heavy atom. The van der Waals surface area contributed by atoms with E-state index in [0.29, 0.717) is 11.7 Å². The van der Waals surface area contributed by atoms with Crippen LogP contribution in [0.25, 0.3) is 0 Å². The first-order valence-corrected chi connectivity index (χ1v) is 6.08. The summed E-state index contributed by atoms with van der Waals surface area (Å²) < 4.78 is 0. The van der Waals surface area contributed by atoms with Gasteiger partial charge in [0.15, 0.2) is 0 Å². The summed E-state index contributed by atoms with van der Waals surface area (Å²) in [5.74, 6) is 0.937. The van der Waals surface area contributed by atoms with Crippen LogP contribution in [0.3, 0.4) is 0 Å². The van der Waals surface area contributed by atoms with Crippen molar-refractivity contribution in [3.8, 4) is 0 Å². The molecular weight excluding hydrogens is 172 g/mol. The van der Waals surface area contributed by atoms with Gasteiger partial charge in [0.25, 0.3) is 0 Å². The van der Waals surface area contributed by atoms with Crippen molar-refractivity contribution in [2.75, 3.05) is 0 Å². The van der Waals surface area contributed by atoms with Crippen molar-refractivity contribution in [2.45, 2.75) is 51.4 Å². The molecule has 1 heteroatoms. The normalized spacial score (nSPS) is 34.7. The lowest BCUT2D eigenvalue weighted by molar-refractivity contribution is -0.128. The number of carbonyl (C=O) groups is 1. The van der Waals surface area contributed by atoms with Gasteiger partial charge in [0.2, 0.25) is 0 Å². The Kier molecular flexibility index (Phi) is 1.83. The fourth-order valence-electron chi connectivity index (χ4n) is 3.68. The molecule has 1 unspecified atom stereocenters. The van der Waals surface area contributed by atoms with Gasteiger partial charge in [-0.2, -0.15) is 0 Å². The molecule has 0 N–H and O–H groups in total. The summed E-state index contributed by atoms with van der Waals surface area (Å²) in [4.78, 5) is 12.3. The zero-order valence-corrected chi connectivity index (χ0v) is 8.72. The van der Waals surface area contributed by atoms with Crippen molar-refractivity contribution in [1.82, 2.24) is 0 Å². The molecule has 14 heavy (non-hydrogen) atoms. The molecule has 1 atom stereocenters. The number of Topliss-reactive ketones (excluding diaryl/α,β-unsaturated/α-hetero) is 1. The van der Waals surface area contributed by atoms with Crippen LogP contribution >= 0.6 is 0 Å². The van der Waals surface area contributed by atoms with Crippen LogP contribution in [0, 0.1) is 11.3 Å². The van der Waals surface area contributed by atoms with Gasteiger partial charge in [0.05, 0.1) is 0 Å². The van der Waals surface area contributed by atoms with Gasteiger partial charge < -0.3 is 0 Å². The molecule has 0 aromatic carbocycles. The van der Waals surface area contributed by atoms with Crippen LogP contribution in [0.5, 0.6) is 0 Å². The maximum atomic E-state index is 12.3. The summed E-state index contributed by atoms with van der Waals surface area (Å²) in [6.07, 6.45) is 12.1. The molecule has 1 nitrogen and oxygen atoms in total. The minimum atomic E-state index is 0.0321. The topological polar surface area (TPSA) is 17.1 Å². The monoisotopic (exact) mass is 190 g/mol. The van der Waals surface area contributed by atoms with Crippen LogP contribution < -0.4 is 0 Å². The Bertz CT molecular complexity index is 294. The molecule has 0 aromatic rings. The molecule has 3 rings (SSSR count). The molecule has 0 amide bonds. The third-order valence-electron chi connectivity index (χ3n) is 4.42. The van der Waals surface area contributed by atoms with E-state index in [4.69, 9.17) is 0 Å². The lowest BCUT2D eigenvalue weighted by Crippen LogP contribution is -2.27. The molecule has 76 valence electrons. The average molecular weight is 190 g/mol. The Hall–Kier alpha value is -0.590. The van der Waals surface area contributed by atoms with E-state index in [1.54, 1.807) is 0 Å². The Balaban J connectivity index is 1.95. The summed E-state index contributed by atoms with van der Waals surface area (Å²) in [5, 5.41) is 0. The highest BCUT2D eigenvalue weighted by Crippen LogP contribution is 2.51. The fourth-order valence-corrected chi connectivity index (χ4v) is 3.68. The number of rotatable bonds is 0. The maximum absolute atomic E-state index is 12.3. The van der Waals surface area contributed by atoms with Crippen molar-refractivity contribution in [1.29, 1.82) is 0 Å². The SMILES string of the molecule is O=C1C2CCCCC2=CC12CCCC2. The quantitative estimate of drug-likeness (QED) is 0.536. The molecule has 0 radical (unpaired) electrons. The van der Waals surface area contributed by atoms with Crippen molar-refractivity contribution in [3.63, 3.8) is 0 Å². The molecule has 2 fully saturated rings. The van der Waals surface area contributed by atoms with Gasteiger partial charge in [-0.3, -0.25) is 4.79 Å². The van der Waals surface area contributed by atoms with Crippen LogP contribution in [-0.4, -0.2) is 5.78 Å². The molecule has 1 spiro atoms. The second kappa shape index (κ2) is 2.95. The first kappa shape index (κ1) is 8.70. The van der Waals surface area contributed by atoms with E-state index in [1.807, 2.05) is 0 Å². The second-order valence-corrected chi connectivity index (χ2v) is 5.25. The Morgan fingerprint density at radius 2 is 1.93 bits per heavy atom. The summed E-state index contributed by atoms with van der Waals surface area (Å²) in [5.41, 5.74) is 1.54.